The van der Waals surface area contributed by atoms with Crippen molar-refractivity contribution in [2.24, 2.45) is 0 Å². The Labute approximate surface area is 218 Å². The number of aromatic nitrogens is 4. The first-order valence-electron chi connectivity index (χ1n) is 11.9. The molecule has 2 aromatic heterocycles. The first-order valence-corrected chi connectivity index (χ1v) is 11.9. The highest BCUT2D eigenvalue weighted by Crippen LogP contribution is 2.24. The van der Waals surface area contributed by atoms with Crippen LogP contribution in [-0.2, 0) is 4.79 Å². The molecule has 38 heavy (non-hydrogen) atoms. The highest BCUT2D eigenvalue weighted by Gasteiger charge is 2.11. The Hall–Kier alpha value is -5.12. The standard InChI is InChI=1S/C28H25N5O5/c1-35-21-9-7-20(8-10-21)28-31-30-25-15-16-27(32-33(25)28)36-18-17-29-26(34)19-37-22-11-13-24(14-12-22)38-23-5-3-2-4-6-23/h2-16H,17-19H2,1H3,(H,29,34). The number of ether oxygens (including phenoxy) is 4. The van der Waals surface area contributed by atoms with E-state index in [2.05, 4.69) is 20.6 Å². The lowest BCUT2D eigenvalue weighted by molar-refractivity contribution is -0.123. The molecule has 0 saturated carbocycles. The summed E-state index contributed by atoms with van der Waals surface area (Å²) < 4.78 is 23.8. The van der Waals surface area contributed by atoms with Crippen molar-refractivity contribution < 1.29 is 23.7 Å². The number of carbonyl (C=O) groups excluding carboxylic acids is 1. The van der Waals surface area contributed by atoms with Crippen LogP contribution in [0.5, 0.6) is 28.9 Å². The SMILES string of the molecule is COc1ccc(-c2nnc3ccc(OCCNC(=O)COc4ccc(Oc5ccccc5)cc4)nn23)cc1. The smallest absolute Gasteiger partial charge is 0.258 e. The van der Waals surface area contributed by atoms with E-state index in [1.54, 1.807) is 48.0 Å². The lowest BCUT2D eigenvalue weighted by atomic mass is 10.2. The molecule has 0 aliphatic heterocycles. The van der Waals surface area contributed by atoms with Crippen LogP contribution in [0.1, 0.15) is 0 Å². The fourth-order valence-electron chi connectivity index (χ4n) is 3.54. The molecular weight excluding hydrogens is 486 g/mol. The van der Waals surface area contributed by atoms with Gasteiger partial charge in [0, 0.05) is 11.6 Å². The Bertz CT molecular complexity index is 1490. The summed E-state index contributed by atoms with van der Waals surface area (Å²) >= 11 is 0. The Morgan fingerprint density at radius 2 is 1.50 bits per heavy atom. The molecule has 192 valence electrons. The molecule has 1 amide bonds. The van der Waals surface area contributed by atoms with E-state index in [9.17, 15) is 4.79 Å². The molecule has 0 bridgehead atoms. The molecule has 10 heteroatoms. The van der Waals surface area contributed by atoms with Crippen LogP contribution in [0.3, 0.4) is 0 Å². The van der Waals surface area contributed by atoms with Gasteiger partial charge in [-0.3, -0.25) is 4.79 Å². The highest BCUT2D eigenvalue weighted by molar-refractivity contribution is 5.77. The van der Waals surface area contributed by atoms with Gasteiger partial charge < -0.3 is 24.3 Å². The van der Waals surface area contributed by atoms with E-state index in [-0.39, 0.29) is 19.1 Å². The second-order valence-electron chi connectivity index (χ2n) is 8.07. The van der Waals surface area contributed by atoms with E-state index in [0.717, 1.165) is 17.1 Å². The first-order chi connectivity index (χ1) is 18.7. The predicted octanol–water partition coefficient (Wildman–Crippen LogP) is 4.17. The van der Waals surface area contributed by atoms with Gasteiger partial charge in [0.15, 0.2) is 18.1 Å². The Balaban J connectivity index is 1.07. The number of hydrogen-bond acceptors (Lipinski definition) is 8. The summed E-state index contributed by atoms with van der Waals surface area (Å²) in [5.74, 6) is 3.45. The number of carbonyl (C=O) groups is 1. The van der Waals surface area contributed by atoms with Gasteiger partial charge in [-0.05, 0) is 66.7 Å². The van der Waals surface area contributed by atoms with Crippen LogP contribution >= 0.6 is 0 Å². The topological polar surface area (TPSA) is 109 Å². The zero-order valence-corrected chi connectivity index (χ0v) is 20.6. The molecule has 0 aliphatic carbocycles. The molecule has 0 spiro atoms. The number of nitrogens with zero attached hydrogens (tertiary/aromatic N) is 4. The third-order valence-corrected chi connectivity index (χ3v) is 5.43. The van der Waals surface area contributed by atoms with E-state index in [1.165, 1.54) is 0 Å². The van der Waals surface area contributed by atoms with Crippen LogP contribution in [0.25, 0.3) is 17.0 Å². The number of rotatable bonds is 11. The summed E-state index contributed by atoms with van der Waals surface area (Å²) in [5, 5.41) is 15.6. The van der Waals surface area contributed by atoms with Crippen LogP contribution in [0.4, 0.5) is 0 Å². The predicted molar refractivity (Wildman–Crippen MR) is 140 cm³/mol. The van der Waals surface area contributed by atoms with Crippen molar-refractivity contribution in [3.05, 3.63) is 91.0 Å². The molecule has 0 fully saturated rings. The number of benzene rings is 3. The minimum absolute atomic E-state index is 0.116. The maximum Gasteiger partial charge on any atom is 0.258 e. The van der Waals surface area contributed by atoms with Gasteiger partial charge in [0.1, 0.15) is 29.6 Å². The fraction of sp³-hybridized carbons (Fsp3) is 0.143. The summed E-state index contributed by atoms with van der Waals surface area (Å²) in [7, 11) is 1.61. The molecular formula is C28H25N5O5. The van der Waals surface area contributed by atoms with Crippen LogP contribution in [0.2, 0.25) is 0 Å². The number of amides is 1. The number of fused-ring (bicyclic) bond motifs is 1. The van der Waals surface area contributed by atoms with Gasteiger partial charge in [-0.2, -0.15) is 4.52 Å². The van der Waals surface area contributed by atoms with Crippen LogP contribution in [-0.4, -0.2) is 52.6 Å². The minimum Gasteiger partial charge on any atom is -0.497 e. The van der Waals surface area contributed by atoms with E-state index in [4.69, 9.17) is 18.9 Å². The second-order valence-corrected chi connectivity index (χ2v) is 8.07. The number of nitrogens with one attached hydrogen (secondary N) is 1. The maximum absolute atomic E-state index is 12.2. The van der Waals surface area contributed by atoms with Crippen LogP contribution in [0.15, 0.2) is 91.0 Å². The Morgan fingerprint density at radius 1 is 0.789 bits per heavy atom. The monoisotopic (exact) mass is 511 g/mol. The molecule has 2 heterocycles. The minimum atomic E-state index is -0.262. The van der Waals surface area contributed by atoms with Gasteiger partial charge in [-0.15, -0.1) is 15.3 Å². The fourth-order valence-corrected chi connectivity index (χ4v) is 3.54. The van der Waals surface area contributed by atoms with Crippen LogP contribution < -0.4 is 24.3 Å². The van der Waals surface area contributed by atoms with Gasteiger partial charge in [0.2, 0.25) is 5.88 Å². The average molecular weight is 512 g/mol. The van der Waals surface area contributed by atoms with Crippen molar-refractivity contribution in [3.63, 3.8) is 0 Å². The van der Waals surface area contributed by atoms with Crippen molar-refractivity contribution in [2.75, 3.05) is 26.9 Å². The molecule has 0 unspecified atom stereocenters. The molecule has 0 aliphatic rings. The quantitative estimate of drug-likeness (QED) is 0.263. The normalized spacial score (nSPS) is 10.7. The molecule has 0 atom stereocenters. The summed E-state index contributed by atoms with van der Waals surface area (Å²) in [6, 6.07) is 27.5. The third kappa shape index (κ3) is 6.16. The molecule has 1 N–H and O–H groups in total. The second kappa shape index (κ2) is 11.7. The number of methoxy groups -OCH3 is 1. The zero-order valence-electron chi connectivity index (χ0n) is 20.6. The third-order valence-electron chi connectivity index (χ3n) is 5.43. The van der Waals surface area contributed by atoms with Gasteiger partial charge in [-0.25, -0.2) is 0 Å². The highest BCUT2D eigenvalue weighted by atomic mass is 16.5. The van der Waals surface area contributed by atoms with Gasteiger partial charge in [-0.1, -0.05) is 18.2 Å². The molecule has 10 nitrogen and oxygen atoms in total. The van der Waals surface area contributed by atoms with Gasteiger partial charge >= 0.3 is 0 Å². The van der Waals surface area contributed by atoms with Crippen LogP contribution in [0, 0.1) is 0 Å². The van der Waals surface area contributed by atoms with Crippen molar-refractivity contribution in [1.29, 1.82) is 0 Å². The number of para-hydroxylation sites is 1. The Kier molecular flexibility index (Phi) is 7.59. The molecule has 5 rings (SSSR count). The lowest BCUT2D eigenvalue weighted by Gasteiger charge is -2.10. The van der Waals surface area contributed by atoms with E-state index >= 15 is 0 Å². The molecule has 3 aromatic carbocycles. The van der Waals surface area contributed by atoms with Crippen molar-refractivity contribution in [3.8, 4) is 40.3 Å². The molecule has 0 radical (unpaired) electrons. The van der Waals surface area contributed by atoms with E-state index < -0.39 is 0 Å². The van der Waals surface area contributed by atoms with Crippen molar-refractivity contribution >= 4 is 11.6 Å². The molecule has 0 saturated heterocycles. The number of hydrogen-bond donors (Lipinski definition) is 1. The van der Waals surface area contributed by atoms with Gasteiger partial charge in [0.25, 0.3) is 5.91 Å². The average Bonchev–Trinajstić information content (AvgIpc) is 3.39. The lowest BCUT2D eigenvalue weighted by Crippen LogP contribution is -2.32. The zero-order chi connectivity index (χ0) is 26.2. The first kappa shape index (κ1) is 24.6. The Morgan fingerprint density at radius 3 is 2.26 bits per heavy atom. The summed E-state index contributed by atoms with van der Waals surface area (Å²) in [6.07, 6.45) is 0. The summed E-state index contributed by atoms with van der Waals surface area (Å²) in [4.78, 5) is 12.2. The van der Waals surface area contributed by atoms with Gasteiger partial charge in [0.05, 0.1) is 13.7 Å². The largest absolute Gasteiger partial charge is 0.497 e. The summed E-state index contributed by atoms with van der Waals surface area (Å²) in [6.45, 7) is 0.407. The van der Waals surface area contributed by atoms with E-state index in [0.29, 0.717) is 35.4 Å². The van der Waals surface area contributed by atoms with Crippen molar-refractivity contribution in [2.45, 2.75) is 0 Å². The summed E-state index contributed by atoms with van der Waals surface area (Å²) in [5.41, 5.74) is 1.43. The van der Waals surface area contributed by atoms with E-state index in [1.807, 2.05) is 54.6 Å². The van der Waals surface area contributed by atoms with Crippen molar-refractivity contribution in [1.82, 2.24) is 25.1 Å². The maximum atomic E-state index is 12.2. The molecule has 5 aromatic rings.